The van der Waals surface area contributed by atoms with E-state index in [0.717, 1.165) is 6.20 Å². The Balaban J connectivity index is 1.90. The van der Waals surface area contributed by atoms with E-state index in [-0.39, 0.29) is 25.2 Å². The van der Waals surface area contributed by atoms with E-state index >= 15 is 0 Å². The molecular formula is C12H11ClF5N3. The number of halogens is 6. The molecule has 0 unspecified atom stereocenters. The number of aromatic nitrogens is 2. The van der Waals surface area contributed by atoms with Crippen molar-refractivity contribution >= 4 is 17.4 Å². The minimum Gasteiger partial charge on any atom is -0.349 e. The normalized spacial score (nSPS) is 23.4. The Bertz CT molecular complexity index is 571. The van der Waals surface area contributed by atoms with Crippen LogP contribution in [0.25, 0.3) is 0 Å². The highest BCUT2D eigenvalue weighted by atomic mass is 35.5. The minimum atomic E-state index is -4.69. The fraction of sp³-hybridized carbons (Fsp3) is 0.667. The van der Waals surface area contributed by atoms with Crippen molar-refractivity contribution in [2.45, 2.75) is 43.3 Å². The van der Waals surface area contributed by atoms with Gasteiger partial charge >= 0.3 is 6.18 Å². The van der Waals surface area contributed by atoms with E-state index in [9.17, 15) is 22.0 Å². The molecule has 0 bridgehead atoms. The molecule has 116 valence electrons. The van der Waals surface area contributed by atoms with Gasteiger partial charge in [0.2, 0.25) is 0 Å². The molecule has 1 aromatic heterocycles. The van der Waals surface area contributed by atoms with Gasteiger partial charge in [-0.05, 0) is 12.8 Å². The average Bonchev–Trinajstić information content (AvgIpc) is 3.05. The van der Waals surface area contributed by atoms with Gasteiger partial charge in [0.15, 0.2) is 10.8 Å². The maximum atomic E-state index is 13.5. The Morgan fingerprint density at radius 2 is 1.86 bits per heavy atom. The maximum absolute atomic E-state index is 13.5. The molecule has 1 spiro atoms. The Morgan fingerprint density at radius 3 is 2.38 bits per heavy atom. The number of rotatable bonds is 1. The van der Waals surface area contributed by atoms with E-state index < -0.39 is 28.5 Å². The molecule has 2 aliphatic rings. The lowest BCUT2D eigenvalue weighted by Crippen LogP contribution is -2.49. The predicted molar refractivity (Wildman–Crippen MR) is 65.5 cm³/mol. The molecule has 1 aliphatic heterocycles. The van der Waals surface area contributed by atoms with Crippen molar-refractivity contribution in [3.8, 4) is 0 Å². The van der Waals surface area contributed by atoms with Crippen LogP contribution in [-0.2, 0) is 6.18 Å². The largest absolute Gasteiger partial charge is 0.436 e. The van der Waals surface area contributed by atoms with E-state index in [1.807, 2.05) is 0 Å². The molecule has 3 rings (SSSR count). The van der Waals surface area contributed by atoms with Crippen LogP contribution in [0.15, 0.2) is 6.20 Å². The van der Waals surface area contributed by atoms with Crippen molar-refractivity contribution in [1.82, 2.24) is 9.97 Å². The van der Waals surface area contributed by atoms with Crippen molar-refractivity contribution in [3.63, 3.8) is 0 Å². The molecule has 1 saturated heterocycles. The quantitative estimate of drug-likeness (QED) is 0.732. The average molecular weight is 328 g/mol. The lowest BCUT2D eigenvalue weighted by Gasteiger charge is -2.40. The molecule has 0 atom stereocenters. The summed E-state index contributed by atoms with van der Waals surface area (Å²) in [6.07, 6.45) is -3.24. The summed E-state index contributed by atoms with van der Waals surface area (Å²) in [4.78, 5) is 8.63. The van der Waals surface area contributed by atoms with E-state index in [0.29, 0.717) is 12.8 Å². The monoisotopic (exact) mass is 327 g/mol. The summed E-state index contributed by atoms with van der Waals surface area (Å²) in [5.74, 6) is -2.61. The van der Waals surface area contributed by atoms with Crippen LogP contribution < -0.4 is 4.90 Å². The molecule has 1 aliphatic carbocycles. The van der Waals surface area contributed by atoms with Gasteiger partial charge in [0, 0.05) is 24.9 Å². The lowest BCUT2D eigenvalue weighted by molar-refractivity contribution is -0.141. The highest BCUT2D eigenvalue weighted by molar-refractivity contribution is 6.30. The highest BCUT2D eigenvalue weighted by Gasteiger charge is 2.57. The highest BCUT2D eigenvalue weighted by Crippen LogP contribution is 2.53. The predicted octanol–water partition coefficient (Wildman–Crippen LogP) is 3.92. The third kappa shape index (κ3) is 2.65. The summed E-state index contributed by atoms with van der Waals surface area (Å²) in [6, 6.07) is 0. The fourth-order valence-corrected chi connectivity index (χ4v) is 3.05. The van der Waals surface area contributed by atoms with Crippen LogP contribution in [0.2, 0.25) is 5.15 Å². The Kier molecular flexibility index (Phi) is 3.10. The van der Waals surface area contributed by atoms with Crippen LogP contribution in [-0.4, -0.2) is 28.0 Å². The smallest absolute Gasteiger partial charge is 0.349 e. The number of alkyl halides is 5. The molecule has 21 heavy (non-hydrogen) atoms. The third-order valence-electron chi connectivity index (χ3n) is 3.95. The zero-order chi connectivity index (χ0) is 15.5. The van der Waals surface area contributed by atoms with Gasteiger partial charge in [-0.15, -0.1) is 0 Å². The van der Waals surface area contributed by atoms with E-state index in [1.165, 1.54) is 0 Å². The van der Waals surface area contributed by atoms with Gasteiger partial charge in [-0.2, -0.15) is 13.2 Å². The molecule has 0 amide bonds. The van der Waals surface area contributed by atoms with E-state index in [2.05, 4.69) is 9.97 Å². The zero-order valence-electron chi connectivity index (χ0n) is 10.7. The number of nitrogens with zero attached hydrogens (tertiary/aromatic N) is 3. The first-order valence-electron chi connectivity index (χ1n) is 6.38. The second kappa shape index (κ2) is 4.41. The van der Waals surface area contributed by atoms with Crippen molar-refractivity contribution in [3.05, 3.63) is 17.0 Å². The van der Waals surface area contributed by atoms with Gasteiger partial charge in [0.05, 0.1) is 6.20 Å². The summed E-state index contributed by atoms with van der Waals surface area (Å²) >= 11 is 5.53. The number of anilines is 1. The third-order valence-corrected chi connectivity index (χ3v) is 4.21. The number of hydrogen-bond acceptors (Lipinski definition) is 3. The minimum absolute atomic E-state index is 0.0311. The zero-order valence-corrected chi connectivity index (χ0v) is 11.5. The van der Waals surface area contributed by atoms with E-state index in [1.54, 1.807) is 4.90 Å². The molecule has 0 radical (unpaired) electrons. The summed E-state index contributed by atoms with van der Waals surface area (Å²) in [7, 11) is 0. The van der Waals surface area contributed by atoms with Crippen LogP contribution in [0, 0.1) is 0 Å². The summed E-state index contributed by atoms with van der Waals surface area (Å²) in [6.45, 7) is 0.0311. The Hall–Kier alpha value is -1.18. The SMILES string of the molecule is FC1(F)CCN(c2cnc(C(F)(F)F)c(Cl)n2)C2(CC2)C1. The lowest BCUT2D eigenvalue weighted by atomic mass is 9.96. The number of piperidine rings is 1. The summed E-state index contributed by atoms with van der Waals surface area (Å²) < 4.78 is 64.7. The molecule has 0 N–H and O–H groups in total. The number of hydrogen-bond donors (Lipinski definition) is 0. The van der Waals surface area contributed by atoms with Crippen LogP contribution in [0.3, 0.4) is 0 Å². The summed E-state index contributed by atoms with van der Waals surface area (Å²) in [5.41, 5.74) is -1.97. The van der Waals surface area contributed by atoms with Crippen LogP contribution in [0.4, 0.5) is 27.8 Å². The molecule has 1 aromatic rings. The van der Waals surface area contributed by atoms with Crippen LogP contribution in [0.5, 0.6) is 0 Å². The molecule has 2 heterocycles. The second-order valence-electron chi connectivity index (χ2n) is 5.52. The van der Waals surface area contributed by atoms with Crippen LogP contribution in [0.1, 0.15) is 31.4 Å². The van der Waals surface area contributed by atoms with Gasteiger partial charge < -0.3 is 4.90 Å². The van der Waals surface area contributed by atoms with Gasteiger partial charge in [-0.1, -0.05) is 11.6 Å². The second-order valence-corrected chi connectivity index (χ2v) is 5.88. The first-order valence-corrected chi connectivity index (χ1v) is 6.76. The Morgan fingerprint density at radius 1 is 1.19 bits per heavy atom. The van der Waals surface area contributed by atoms with Crippen molar-refractivity contribution < 1.29 is 22.0 Å². The van der Waals surface area contributed by atoms with Crippen molar-refractivity contribution in [2.24, 2.45) is 0 Å². The van der Waals surface area contributed by atoms with Crippen molar-refractivity contribution in [2.75, 3.05) is 11.4 Å². The molecule has 1 saturated carbocycles. The molecule has 0 aromatic carbocycles. The molecular weight excluding hydrogens is 317 g/mol. The first kappa shape index (κ1) is 14.7. The van der Waals surface area contributed by atoms with Gasteiger partial charge in [-0.3, -0.25) is 0 Å². The fourth-order valence-electron chi connectivity index (χ4n) is 2.80. The molecule has 2 fully saturated rings. The van der Waals surface area contributed by atoms with Gasteiger partial charge in [0.1, 0.15) is 5.82 Å². The standard InChI is InChI=1S/C12H11ClF5N3/c13-9-8(12(16,17)18)19-5-7(20-9)21-4-3-11(14,15)6-10(21)1-2-10/h5H,1-4,6H2. The van der Waals surface area contributed by atoms with Gasteiger partial charge in [0.25, 0.3) is 5.92 Å². The molecule has 3 nitrogen and oxygen atoms in total. The Labute approximate surface area is 122 Å². The van der Waals surface area contributed by atoms with E-state index in [4.69, 9.17) is 11.6 Å². The topological polar surface area (TPSA) is 29.0 Å². The first-order chi connectivity index (χ1) is 9.63. The van der Waals surface area contributed by atoms with Crippen molar-refractivity contribution in [1.29, 1.82) is 0 Å². The summed E-state index contributed by atoms with van der Waals surface area (Å²) in [5, 5.41) is -0.756. The van der Waals surface area contributed by atoms with Crippen LogP contribution >= 0.6 is 11.6 Å². The molecule has 9 heteroatoms. The van der Waals surface area contributed by atoms with Gasteiger partial charge in [-0.25, -0.2) is 18.7 Å². The maximum Gasteiger partial charge on any atom is 0.436 e.